The molecule has 7 heteroatoms. The Hall–Kier alpha value is -3.16. The van der Waals surface area contributed by atoms with E-state index in [-0.39, 0.29) is 21.9 Å². The normalized spacial score (nSPS) is 12.9. The summed E-state index contributed by atoms with van der Waals surface area (Å²) in [6.07, 6.45) is 0. The Kier molecular flexibility index (Phi) is 4.41. The van der Waals surface area contributed by atoms with E-state index in [1.165, 1.54) is 18.2 Å². The van der Waals surface area contributed by atoms with Crippen LogP contribution in [0.1, 0.15) is 17.3 Å². The largest absolute Gasteiger partial charge is 0.508 e. The number of halogens is 1. The van der Waals surface area contributed by atoms with Crippen LogP contribution in [0.25, 0.3) is 10.9 Å². The minimum Gasteiger partial charge on any atom is -0.508 e. The van der Waals surface area contributed by atoms with Gasteiger partial charge in [0.25, 0.3) is 10.0 Å². The van der Waals surface area contributed by atoms with E-state index in [1.807, 2.05) is 0 Å². The zero-order valence-electron chi connectivity index (χ0n) is 14.7. The van der Waals surface area contributed by atoms with Crippen molar-refractivity contribution in [3.8, 4) is 5.75 Å². The van der Waals surface area contributed by atoms with Crippen LogP contribution < -0.4 is 5.73 Å². The minimum absolute atomic E-state index is 0.104. The first-order valence-corrected chi connectivity index (χ1v) is 9.98. The van der Waals surface area contributed by atoms with Crippen LogP contribution in [0, 0.1) is 5.82 Å². The van der Waals surface area contributed by atoms with Crippen molar-refractivity contribution in [3.63, 3.8) is 0 Å². The van der Waals surface area contributed by atoms with Gasteiger partial charge in [-0.1, -0.05) is 36.4 Å². The lowest BCUT2D eigenvalue weighted by atomic mass is 10.0. The number of phenols is 1. The molecule has 142 valence electrons. The number of benzene rings is 3. The molecular weight excluding hydrogens is 379 g/mol. The van der Waals surface area contributed by atoms with Crippen molar-refractivity contribution in [3.05, 3.63) is 95.9 Å². The fraction of sp³-hybridized carbons (Fsp3) is 0.0476. The molecule has 1 aromatic heterocycles. The summed E-state index contributed by atoms with van der Waals surface area (Å²) in [5.41, 5.74) is 7.10. The average Bonchev–Trinajstić information content (AvgIpc) is 3.10. The Bertz CT molecular complexity index is 1270. The molecule has 3 aromatic carbocycles. The number of rotatable bonds is 4. The van der Waals surface area contributed by atoms with Crippen LogP contribution in [0.4, 0.5) is 4.39 Å². The number of hydrogen-bond donors (Lipinski definition) is 2. The van der Waals surface area contributed by atoms with Gasteiger partial charge in [-0.2, -0.15) is 0 Å². The number of aromatic nitrogens is 1. The zero-order chi connectivity index (χ0) is 19.9. The Morgan fingerprint density at radius 3 is 2.36 bits per heavy atom. The second-order valence-corrected chi connectivity index (χ2v) is 8.18. The monoisotopic (exact) mass is 396 g/mol. The molecule has 0 saturated heterocycles. The summed E-state index contributed by atoms with van der Waals surface area (Å²) >= 11 is 0. The van der Waals surface area contributed by atoms with Crippen LogP contribution >= 0.6 is 0 Å². The van der Waals surface area contributed by atoms with Crippen molar-refractivity contribution in [2.24, 2.45) is 5.73 Å². The molecule has 4 aromatic rings. The summed E-state index contributed by atoms with van der Waals surface area (Å²) in [4.78, 5) is 0.105. The Labute approximate surface area is 161 Å². The molecular formula is C21H17FN2O3S. The molecule has 0 saturated carbocycles. The molecule has 0 spiro atoms. The fourth-order valence-corrected chi connectivity index (χ4v) is 4.85. The van der Waals surface area contributed by atoms with Crippen LogP contribution in [0.3, 0.4) is 0 Å². The zero-order valence-corrected chi connectivity index (χ0v) is 15.5. The lowest BCUT2D eigenvalue weighted by Gasteiger charge is -2.18. The first-order chi connectivity index (χ1) is 13.4. The molecule has 0 aliphatic carbocycles. The first-order valence-electron chi connectivity index (χ1n) is 8.54. The van der Waals surface area contributed by atoms with Gasteiger partial charge in [0.05, 0.1) is 22.1 Å². The van der Waals surface area contributed by atoms with Gasteiger partial charge in [-0.25, -0.2) is 16.8 Å². The van der Waals surface area contributed by atoms with Gasteiger partial charge in [-0.3, -0.25) is 0 Å². The smallest absolute Gasteiger partial charge is 0.268 e. The van der Waals surface area contributed by atoms with Crippen molar-refractivity contribution in [1.82, 2.24) is 3.97 Å². The predicted molar refractivity (Wildman–Crippen MR) is 105 cm³/mol. The molecule has 0 fully saturated rings. The van der Waals surface area contributed by atoms with Gasteiger partial charge in [0.1, 0.15) is 11.6 Å². The highest BCUT2D eigenvalue weighted by molar-refractivity contribution is 7.90. The van der Waals surface area contributed by atoms with E-state index in [9.17, 15) is 17.9 Å². The molecule has 0 aliphatic rings. The van der Waals surface area contributed by atoms with Crippen molar-refractivity contribution in [1.29, 1.82) is 0 Å². The summed E-state index contributed by atoms with van der Waals surface area (Å²) in [5.74, 6) is -0.778. The molecule has 0 aliphatic heterocycles. The molecule has 0 bridgehead atoms. The second-order valence-electron chi connectivity index (χ2n) is 6.39. The summed E-state index contributed by atoms with van der Waals surface area (Å²) in [6, 6.07) is 19.0. The quantitative estimate of drug-likeness (QED) is 0.550. The number of nitrogens with two attached hydrogens (primary N) is 1. The van der Waals surface area contributed by atoms with Crippen molar-refractivity contribution in [2.75, 3.05) is 0 Å². The van der Waals surface area contributed by atoms with E-state index in [1.54, 1.807) is 48.5 Å². The van der Waals surface area contributed by atoms with E-state index in [2.05, 4.69) is 0 Å². The second kappa shape index (κ2) is 6.78. The number of nitrogens with zero attached hydrogens (tertiary/aromatic N) is 1. The highest BCUT2D eigenvalue weighted by Gasteiger charge is 2.27. The highest BCUT2D eigenvalue weighted by atomic mass is 32.2. The maximum Gasteiger partial charge on any atom is 0.268 e. The maximum absolute atomic E-state index is 13.7. The summed E-state index contributed by atoms with van der Waals surface area (Å²) in [6.45, 7) is 0. The van der Waals surface area contributed by atoms with Gasteiger partial charge in [0.2, 0.25) is 0 Å². The number of phenolic OH excluding ortho intramolecular Hbond substituents is 1. The molecule has 3 N–H and O–H groups in total. The SMILES string of the molecule is N[C@H](c1cc(F)ccc1O)c1cc2ccccc2n1S(=O)(=O)c1ccccc1. The van der Waals surface area contributed by atoms with Gasteiger partial charge in [0.15, 0.2) is 0 Å². The van der Waals surface area contributed by atoms with E-state index < -0.39 is 21.9 Å². The van der Waals surface area contributed by atoms with Crippen LogP contribution in [0.2, 0.25) is 0 Å². The number of para-hydroxylation sites is 1. The van der Waals surface area contributed by atoms with Crippen molar-refractivity contribution >= 4 is 20.9 Å². The number of hydrogen-bond acceptors (Lipinski definition) is 4. The minimum atomic E-state index is -3.97. The van der Waals surface area contributed by atoms with Gasteiger partial charge in [0, 0.05) is 10.9 Å². The maximum atomic E-state index is 13.7. The highest BCUT2D eigenvalue weighted by Crippen LogP contribution is 2.34. The van der Waals surface area contributed by atoms with Crippen LogP contribution in [-0.2, 0) is 10.0 Å². The summed E-state index contributed by atoms with van der Waals surface area (Å²) in [7, 11) is -3.97. The van der Waals surface area contributed by atoms with E-state index in [0.29, 0.717) is 10.9 Å². The molecule has 0 radical (unpaired) electrons. The first kappa shape index (κ1) is 18.2. The molecule has 0 amide bonds. The third kappa shape index (κ3) is 2.94. The summed E-state index contributed by atoms with van der Waals surface area (Å²) < 4.78 is 41.7. The van der Waals surface area contributed by atoms with E-state index >= 15 is 0 Å². The third-order valence-electron chi connectivity index (χ3n) is 4.62. The van der Waals surface area contributed by atoms with Gasteiger partial charge >= 0.3 is 0 Å². The Morgan fingerprint density at radius 2 is 1.61 bits per heavy atom. The molecule has 1 atom stereocenters. The summed E-state index contributed by atoms with van der Waals surface area (Å²) in [5, 5.41) is 10.8. The van der Waals surface area contributed by atoms with Gasteiger partial charge in [-0.05, 0) is 42.5 Å². The molecule has 0 unspecified atom stereocenters. The van der Waals surface area contributed by atoms with Gasteiger partial charge < -0.3 is 10.8 Å². The Morgan fingerprint density at radius 1 is 0.929 bits per heavy atom. The molecule has 1 heterocycles. The van der Waals surface area contributed by atoms with Crippen LogP contribution in [0.15, 0.2) is 83.8 Å². The topological polar surface area (TPSA) is 85.3 Å². The van der Waals surface area contributed by atoms with Crippen LogP contribution in [0.5, 0.6) is 5.75 Å². The lowest BCUT2D eigenvalue weighted by Crippen LogP contribution is -2.22. The molecule has 28 heavy (non-hydrogen) atoms. The number of aromatic hydroxyl groups is 1. The van der Waals surface area contributed by atoms with E-state index in [4.69, 9.17) is 5.73 Å². The van der Waals surface area contributed by atoms with Crippen LogP contribution in [-0.4, -0.2) is 17.5 Å². The Balaban J connectivity index is 2.00. The van der Waals surface area contributed by atoms with E-state index in [0.717, 1.165) is 16.1 Å². The molecule has 5 nitrogen and oxygen atoms in total. The fourth-order valence-electron chi connectivity index (χ4n) is 3.27. The lowest BCUT2D eigenvalue weighted by molar-refractivity contribution is 0.461. The molecule has 4 rings (SSSR count). The third-order valence-corrected chi connectivity index (χ3v) is 6.37. The number of fused-ring (bicyclic) bond motifs is 1. The van der Waals surface area contributed by atoms with Gasteiger partial charge in [-0.15, -0.1) is 0 Å². The average molecular weight is 396 g/mol. The predicted octanol–water partition coefficient (Wildman–Crippen LogP) is 3.77. The van der Waals surface area contributed by atoms with Crippen molar-refractivity contribution < 1.29 is 17.9 Å². The standard InChI is InChI=1S/C21H17FN2O3S/c22-15-10-11-20(25)17(13-15)21(23)19-12-14-6-4-5-9-18(14)24(19)28(26,27)16-7-2-1-3-8-16/h1-13,21,25H,23H2/t21-/m1/s1. The van der Waals surface area contributed by atoms with Crippen molar-refractivity contribution in [2.45, 2.75) is 10.9 Å².